The number of rotatable bonds is 4. The van der Waals surface area contributed by atoms with E-state index in [4.69, 9.17) is 0 Å². The third-order valence-corrected chi connectivity index (χ3v) is 7.20. The van der Waals surface area contributed by atoms with Gasteiger partial charge in [0.25, 0.3) is 11.5 Å². The fraction of sp³-hybridized carbons (Fsp3) is 0.263. The van der Waals surface area contributed by atoms with Gasteiger partial charge in [-0.05, 0) is 37.3 Å². The second kappa shape index (κ2) is 8.16. The second-order valence-electron chi connectivity index (χ2n) is 7.23. The molecule has 0 bridgehead atoms. The van der Waals surface area contributed by atoms with Crippen LogP contribution in [0.25, 0.3) is 11.3 Å². The first kappa shape index (κ1) is 21.6. The lowest BCUT2D eigenvalue weighted by molar-refractivity contribution is 0.0692. The zero-order valence-electron chi connectivity index (χ0n) is 16.9. The van der Waals surface area contributed by atoms with Gasteiger partial charge in [-0.1, -0.05) is 0 Å². The number of hydrogen-bond acceptors (Lipinski definition) is 6. The number of sulfonamides is 1. The van der Waals surface area contributed by atoms with Gasteiger partial charge in [0.15, 0.2) is 4.90 Å². The summed E-state index contributed by atoms with van der Waals surface area (Å²) in [7, 11) is -4.16. The molecule has 3 aromatic rings. The molecule has 1 aromatic carbocycles. The molecule has 3 heterocycles. The maximum absolute atomic E-state index is 13.1. The number of piperazine rings is 1. The summed E-state index contributed by atoms with van der Waals surface area (Å²) in [5.74, 6) is -0.742. The molecule has 168 valence electrons. The molecule has 2 aromatic heterocycles. The number of nitrogens with zero attached hydrogens (tertiary/aromatic N) is 3. The highest BCUT2D eigenvalue weighted by Gasteiger charge is 2.34. The van der Waals surface area contributed by atoms with Gasteiger partial charge in [0.05, 0.1) is 5.69 Å². The van der Waals surface area contributed by atoms with E-state index in [1.54, 1.807) is 18.2 Å². The zero-order chi connectivity index (χ0) is 23.0. The van der Waals surface area contributed by atoms with E-state index in [1.807, 2.05) is 4.98 Å². The second-order valence-corrected chi connectivity index (χ2v) is 9.11. The van der Waals surface area contributed by atoms with Crippen molar-refractivity contribution in [1.82, 2.24) is 29.4 Å². The Hall–Kier alpha value is -3.58. The topological polar surface area (TPSA) is 152 Å². The minimum atomic E-state index is -4.16. The molecule has 0 aliphatic carbocycles. The van der Waals surface area contributed by atoms with Crippen LogP contribution in [0.3, 0.4) is 0 Å². The number of carbonyl (C=O) groups is 1. The van der Waals surface area contributed by atoms with Gasteiger partial charge < -0.3 is 9.88 Å². The normalized spacial score (nSPS) is 15.1. The molecular formula is C19H19FN6O5S. The van der Waals surface area contributed by atoms with Crippen LogP contribution in [-0.2, 0) is 10.0 Å². The first-order valence-corrected chi connectivity index (χ1v) is 11.0. The minimum Gasteiger partial charge on any atom is -0.335 e. The quantitative estimate of drug-likeness (QED) is 0.498. The van der Waals surface area contributed by atoms with Crippen molar-refractivity contribution >= 4 is 15.9 Å². The summed E-state index contributed by atoms with van der Waals surface area (Å²) in [6, 6.07) is 7.22. The Morgan fingerprint density at radius 3 is 2.34 bits per heavy atom. The Morgan fingerprint density at radius 2 is 1.72 bits per heavy atom. The number of hydrogen-bond donors (Lipinski definition) is 3. The molecular weight excluding hydrogens is 443 g/mol. The summed E-state index contributed by atoms with van der Waals surface area (Å²) < 4.78 is 40.0. The number of benzene rings is 1. The van der Waals surface area contributed by atoms with Crippen LogP contribution in [0.4, 0.5) is 4.39 Å². The lowest BCUT2D eigenvalue weighted by Crippen LogP contribution is -2.51. The number of aromatic nitrogens is 4. The molecule has 1 fully saturated rings. The molecule has 1 aliphatic heterocycles. The lowest BCUT2D eigenvalue weighted by Gasteiger charge is -2.33. The number of halogens is 1. The number of aromatic amines is 3. The van der Waals surface area contributed by atoms with Gasteiger partial charge in [-0.3, -0.25) is 19.7 Å². The van der Waals surface area contributed by atoms with Crippen LogP contribution in [0.2, 0.25) is 0 Å². The van der Waals surface area contributed by atoms with Crippen LogP contribution in [0.5, 0.6) is 0 Å². The molecule has 1 aliphatic rings. The van der Waals surface area contributed by atoms with Crippen molar-refractivity contribution in [3.05, 3.63) is 68.4 Å². The molecule has 13 heteroatoms. The van der Waals surface area contributed by atoms with Crippen LogP contribution in [0, 0.1) is 12.7 Å². The number of aryl methyl sites for hydroxylation is 1. The highest BCUT2D eigenvalue weighted by molar-refractivity contribution is 7.89. The maximum Gasteiger partial charge on any atom is 0.325 e. The highest BCUT2D eigenvalue weighted by atomic mass is 32.2. The van der Waals surface area contributed by atoms with Crippen molar-refractivity contribution < 1.29 is 17.6 Å². The fourth-order valence-corrected chi connectivity index (χ4v) is 5.16. The van der Waals surface area contributed by atoms with Gasteiger partial charge in [0.1, 0.15) is 11.5 Å². The van der Waals surface area contributed by atoms with E-state index in [1.165, 1.54) is 24.0 Å². The fourth-order valence-electron chi connectivity index (χ4n) is 3.53. The van der Waals surface area contributed by atoms with Crippen molar-refractivity contribution in [2.24, 2.45) is 0 Å². The van der Waals surface area contributed by atoms with Crippen LogP contribution < -0.4 is 11.2 Å². The zero-order valence-corrected chi connectivity index (χ0v) is 17.7. The molecule has 11 nitrogen and oxygen atoms in total. The Morgan fingerprint density at radius 1 is 1.06 bits per heavy atom. The number of carbonyl (C=O) groups excluding carboxylic acids is 1. The Balaban J connectivity index is 1.47. The monoisotopic (exact) mass is 462 g/mol. The predicted octanol–water partition coefficient (Wildman–Crippen LogP) is 0.0475. The minimum absolute atomic E-state index is 0.0228. The average Bonchev–Trinajstić information content (AvgIpc) is 3.23. The smallest absolute Gasteiger partial charge is 0.325 e. The number of amides is 1. The van der Waals surface area contributed by atoms with Crippen LogP contribution >= 0.6 is 0 Å². The third-order valence-electron chi connectivity index (χ3n) is 5.15. The van der Waals surface area contributed by atoms with Crippen LogP contribution in [-0.4, -0.2) is 69.9 Å². The van der Waals surface area contributed by atoms with Crippen molar-refractivity contribution in [1.29, 1.82) is 0 Å². The van der Waals surface area contributed by atoms with E-state index in [9.17, 15) is 27.2 Å². The van der Waals surface area contributed by atoms with Crippen LogP contribution in [0.1, 0.15) is 16.2 Å². The molecule has 0 saturated carbocycles. The molecule has 0 spiro atoms. The summed E-state index contributed by atoms with van der Waals surface area (Å²) >= 11 is 0. The Bertz CT molecular complexity index is 1380. The molecule has 4 rings (SSSR count). The summed E-state index contributed by atoms with van der Waals surface area (Å²) in [4.78, 5) is 41.4. The third kappa shape index (κ3) is 3.99. The standard InChI is InChI=1S/C19H19FN6O5S/c1-11-16(17(27)22-19(29)21-11)32(30,31)26-8-6-25(7-9-26)18(28)15-10-14(23-24-15)12-2-4-13(20)5-3-12/h2-5,10H,6-9H2,1H3,(H,23,24)(H2,21,22,27,29). The van der Waals surface area contributed by atoms with Crippen molar-refractivity contribution in [2.75, 3.05) is 26.2 Å². The van der Waals surface area contributed by atoms with Gasteiger partial charge in [-0.15, -0.1) is 0 Å². The van der Waals surface area contributed by atoms with Crippen molar-refractivity contribution in [3.63, 3.8) is 0 Å². The number of H-pyrrole nitrogens is 3. The summed E-state index contributed by atoms with van der Waals surface area (Å²) in [6.07, 6.45) is 0. The Kier molecular flexibility index (Phi) is 5.52. The van der Waals surface area contributed by atoms with Gasteiger partial charge in [0.2, 0.25) is 10.0 Å². The molecule has 0 unspecified atom stereocenters. The summed E-state index contributed by atoms with van der Waals surface area (Å²) in [6.45, 7) is 1.49. The Labute approximate surface area is 180 Å². The highest BCUT2D eigenvalue weighted by Crippen LogP contribution is 2.20. The van der Waals surface area contributed by atoms with Gasteiger partial charge in [-0.25, -0.2) is 17.6 Å². The first-order valence-electron chi connectivity index (χ1n) is 9.61. The SMILES string of the molecule is Cc1[nH]c(=O)[nH]c(=O)c1S(=O)(=O)N1CCN(C(=O)c2cc(-c3ccc(F)cc3)n[nH]2)CC1. The van der Waals surface area contributed by atoms with E-state index in [0.717, 1.165) is 4.31 Å². The number of nitrogens with one attached hydrogen (secondary N) is 3. The molecule has 3 N–H and O–H groups in total. The molecule has 1 saturated heterocycles. The maximum atomic E-state index is 13.1. The van der Waals surface area contributed by atoms with E-state index in [-0.39, 0.29) is 49.3 Å². The molecule has 0 atom stereocenters. The summed E-state index contributed by atoms with van der Waals surface area (Å²) in [5.41, 5.74) is -0.505. The van der Waals surface area contributed by atoms with E-state index < -0.39 is 26.2 Å². The first-order chi connectivity index (χ1) is 15.2. The molecule has 0 radical (unpaired) electrons. The largest absolute Gasteiger partial charge is 0.335 e. The van der Waals surface area contributed by atoms with Crippen molar-refractivity contribution in [2.45, 2.75) is 11.8 Å². The summed E-state index contributed by atoms with van der Waals surface area (Å²) in [5, 5.41) is 6.74. The van der Waals surface area contributed by atoms with E-state index in [0.29, 0.717) is 11.3 Å². The molecule has 1 amide bonds. The predicted molar refractivity (Wildman–Crippen MR) is 111 cm³/mol. The molecule has 32 heavy (non-hydrogen) atoms. The average molecular weight is 462 g/mol. The van der Waals surface area contributed by atoms with Crippen molar-refractivity contribution in [3.8, 4) is 11.3 Å². The van der Waals surface area contributed by atoms with Gasteiger partial charge in [-0.2, -0.15) is 9.40 Å². The van der Waals surface area contributed by atoms with Crippen LogP contribution in [0.15, 0.2) is 44.8 Å². The van der Waals surface area contributed by atoms with Gasteiger partial charge >= 0.3 is 5.69 Å². The lowest BCUT2D eigenvalue weighted by atomic mass is 10.1. The van der Waals surface area contributed by atoms with E-state index in [2.05, 4.69) is 15.2 Å². The van der Waals surface area contributed by atoms with E-state index >= 15 is 0 Å². The van der Waals surface area contributed by atoms with Gasteiger partial charge in [0, 0.05) is 37.4 Å².